The van der Waals surface area contributed by atoms with Crippen molar-refractivity contribution < 1.29 is 137 Å². The number of hydrogen-bond donors (Lipinski definition) is 0. The molecule has 0 radical (unpaired) electrons. The van der Waals surface area contributed by atoms with Gasteiger partial charge < -0.3 is 9.11 Å². The second kappa shape index (κ2) is 10.2. The molecule has 0 saturated heterocycles. The van der Waals surface area contributed by atoms with Gasteiger partial charge in [0, 0.05) is 0 Å². The summed E-state index contributed by atoms with van der Waals surface area (Å²) in [7, 11) is -10.6. The first-order valence-electron chi connectivity index (χ1n) is 1.50. The van der Waals surface area contributed by atoms with Crippen molar-refractivity contribution in [3.8, 4) is 0 Å². The Labute approximate surface area is 161 Å². The molecule has 70 valence electrons. The fourth-order valence-corrected chi connectivity index (χ4v) is 0.612. The van der Waals surface area contributed by atoms with Gasteiger partial charge in [-0.2, -0.15) is 0 Å². The van der Waals surface area contributed by atoms with Gasteiger partial charge in [-0.05, 0) is 0 Å². The number of rotatable bonds is 3. The number of hydrogen-bond acceptors (Lipinski definition) is 8. The van der Waals surface area contributed by atoms with Crippen LogP contribution in [-0.2, 0) is 29.5 Å². The molecule has 0 aromatic rings. The molecule has 0 aliphatic carbocycles. The zero-order valence-electron chi connectivity index (χ0n) is 6.08. The molecule has 0 rings (SSSR count). The van der Waals surface area contributed by atoms with Crippen LogP contribution in [0.1, 0.15) is 7.43 Å². The van der Waals surface area contributed by atoms with E-state index in [1.807, 2.05) is 0 Å². The second-order valence-electron chi connectivity index (χ2n) is 0.953. The van der Waals surface area contributed by atoms with Gasteiger partial charge in [-0.1, -0.05) is 7.43 Å². The molecule has 0 saturated carbocycles. The Morgan fingerprint density at radius 1 is 0.769 bits per heavy atom. The van der Waals surface area contributed by atoms with Gasteiger partial charge in [0.1, 0.15) is 0 Å². The minimum Gasteiger partial charge on any atom is -0.724 e. The van der Waals surface area contributed by atoms with E-state index in [1.54, 1.807) is 0 Å². The van der Waals surface area contributed by atoms with Crippen LogP contribution in [0.2, 0.25) is 0 Å². The smallest absolute Gasteiger partial charge is 0.724 e. The maximum absolute atomic E-state index is 9.37. The van der Waals surface area contributed by atoms with Crippen LogP contribution in [0.4, 0.5) is 0 Å². The molecule has 13 heavy (non-hydrogen) atoms. The first kappa shape index (κ1) is 25.0. The predicted molar refractivity (Wildman–Crippen MR) is 28.3 cm³/mol. The normalized spacial score (nSPS) is 10.3. The van der Waals surface area contributed by atoms with Gasteiger partial charge in [0.25, 0.3) is 0 Å². The zero-order valence-corrected chi connectivity index (χ0v) is 14.0. The third kappa shape index (κ3) is 25.4. The zero-order chi connectivity index (χ0) is 8.41. The fraction of sp³-hybridized carbons (Fsp3) is 1.00. The van der Waals surface area contributed by atoms with E-state index in [4.69, 9.17) is 0 Å². The molecular formula is CH4K2O8S2. The summed E-state index contributed by atoms with van der Waals surface area (Å²) in [6, 6.07) is 0. The Kier molecular flexibility index (Phi) is 19.6. The van der Waals surface area contributed by atoms with Crippen LogP contribution in [0, 0.1) is 0 Å². The first-order valence-corrected chi connectivity index (χ1v) is 4.17. The molecule has 0 aliphatic heterocycles. The molecule has 0 aromatic carbocycles. The quantitative estimate of drug-likeness (QED) is 0.164. The average Bonchev–Trinajstić information content (AvgIpc) is 1.57. The van der Waals surface area contributed by atoms with Gasteiger partial charge in [0.2, 0.25) is 20.8 Å². The summed E-state index contributed by atoms with van der Waals surface area (Å²) in [5, 5.41) is 0. The molecule has 0 aromatic heterocycles. The summed E-state index contributed by atoms with van der Waals surface area (Å²) < 4.78 is 61.5. The van der Waals surface area contributed by atoms with E-state index in [-0.39, 0.29) is 110 Å². The molecule has 0 bridgehead atoms. The van der Waals surface area contributed by atoms with Crippen LogP contribution in [0.15, 0.2) is 0 Å². The second-order valence-corrected chi connectivity index (χ2v) is 2.86. The molecule has 0 aliphatic rings. The van der Waals surface area contributed by atoms with E-state index < -0.39 is 20.8 Å². The van der Waals surface area contributed by atoms with Gasteiger partial charge >= 0.3 is 103 Å². The van der Waals surface area contributed by atoms with Gasteiger partial charge in [0.15, 0.2) is 0 Å². The summed E-state index contributed by atoms with van der Waals surface area (Å²) in [6.45, 7) is 0. The minimum absolute atomic E-state index is 0. The molecule has 0 unspecified atom stereocenters. The van der Waals surface area contributed by atoms with Crippen molar-refractivity contribution >= 4 is 20.8 Å². The molecular weight excluding hydrogens is 282 g/mol. The summed E-state index contributed by atoms with van der Waals surface area (Å²) in [6.07, 6.45) is 0. The first-order chi connectivity index (χ1) is 4.21. The molecule has 0 heterocycles. The third-order valence-electron chi connectivity index (χ3n) is 0.194. The van der Waals surface area contributed by atoms with Gasteiger partial charge in [-0.3, -0.25) is 0 Å². The molecule has 0 atom stereocenters. The van der Waals surface area contributed by atoms with Crippen molar-refractivity contribution in [1.29, 1.82) is 0 Å². The van der Waals surface area contributed by atoms with Crippen molar-refractivity contribution in [3.63, 3.8) is 0 Å². The van der Waals surface area contributed by atoms with Crippen LogP contribution in [0.3, 0.4) is 0 Å². The maximum atomic E-state index is 9.37. The molecule has 0 amide bonds. The van der Waals surface area contributed by atoms with Crippen LogP contribution in [-0.4, -0.2) is 25.9 Å². The summed E-state index contributed by atoms with van der Waals surface area (Å²) in [4.78, 5) is 0. The Bertz CT molecular complexity index is 256. The van der Waals surface area contributed by atoms with E-state index in [1.165, 1.54) is 0 Å². The molecule has 0 spiro atoms. The van der Waals surface area contributed by atoms with Crippen LogP contribution in [0.5, 0.6) is 0 Å². The average molecular weight is 286 g/mol. The Hall–Kier alpha value is 3.01. The van der Waals surface area contributed by atoms with Crippen molar-refractivity contribution in [3.05, 3.63) is 0 Å². The maximum Gasteiger partial charge on any atom is 1.00 e. The van der Waals surface area contributed by atoms with Gasteiger partial charge in [-0.15, -0.1) is 8.67 Å². The molecule has 12 heteroatoms. The van der Waals surface area contributed by atoms with Crippen molar-refractivity contribution in [2.24, 2.45) is 0 Å². The van der Waals surface area contributed by atoms with E-state index in [0.29, 0.717) is 0 Å². The van der Waals surface area contributed by atoms with Crippen LogP contribution in [0.25, 0.3) is 0 Å². The van der Waals surface area contributed by atoms with Crippen molar-refractivity contribution in [1.82, 2.24) is 0 Å². The summed E-state index contributed by atoms with van der Waals surface area (Å²) >= 11 is 0. The Morgan fingerprint density at radius 3 is 1.00 bits per heavy atom. The molecule has 0 fully saturated rings. The fourth-order valence-electron chi connectivity index (χ4n) is 0.0680. The summed E-state index contributed by atoms with van der Waals surface area (Å²) in [5.41, 5.74) is 0. The standard InChI is InChI=1S/CH4.2K.H2O8S2/c;;;1-9(2,3)7-8-10(4,5)6/h1H4;;;(H,1,2,3)(H,4,5,6)/q;2*+1;/p-2. The molecule has 8 nitrogen and oxygen atoms in total. The van der Waals surface area contributed by atoms with E-state index >= 15 is 0 Å². The Morgan fingerprint density at radius 2 is 0.923 bits per heavy atom. The van der Waals surface area contributed by atoms with Crippen molar-refractivity contribution in [2.75, 3.05) is 0 Å². The Balaban J connectivity index is -0.000000135. The van der Waals surface area contributed by atoms with Gasteiger partial charge in [-0.25, -0.2) is 16.8 Å². The van der Waals surface area contributed by atoms with Crippen molar-refractivity contribution in [2.45, 2.75) is 7.43 Å². The largest absolute Gasteiger partial charge is 1.00 e. The van der Waals surface area contributed by atoms with Gasteiger partial charge in [0.05, 0.1) is 0 Å². The SMILES string of the molecule is C.O=S(=O)([O-])OOS(=O)(=O)[O-].[K+].[K+]. The van der Waals surface area contributed by atoms with E-state index in [9.17, 15) is 25.9 Å². The topological polar surface area (TPSA) is 133 Å². The van der Waals surface area contributed by atoms with E-state index in [2.05, 4.69) is 8.67 Å². The predicted octanol–water partition coefficient (Wildman–Crippen LogP) is -7.50. The van der Waals surface area contributed by atoms with Crippen LogP contribution < -0.4 is 103 Å². The third-order valence-corrected chi connectivity index (χ3v) is 0.750. The van der Waals surface area contributed by atoms with E-state index in [0.717, 1.165) is 0 Å². The molecule has 0 N–H and O–H groups in total. The monoisotopic (exact) mass is 286 g/mol. The summed E-state index contributed by atoms with van der Waals surface area (Å²) in [5.74, 6) is 0. The van der Waals surface area contributed by atoms with Crippen LogP contribution >= 0.6 is 0 Å². The minimum atomic E-state index is -5.31.